The molecule has 0 atom stereocenters. The van der Waals surface area contributed by atoms with E-state index in [2.05, 4.69) is 11.1 Å². The van der Waals surface area contributed by atoms with Crippen LogP contribution < -0.4 is 0 Å². The first-order valence-electron chi connectivity index (χ1n) is 7.94. The number of fused-ring (bicyclic) bond motifs is 1. The molecule has 2 aliphatic rings. The maximum absolute atomic E-state index is 14.3. The molecule has 110 valence electrons. The molecule has 3 nitrogen and oxygen atoms in total. The Labute approximate surface area is 127 Å². The molecule has 5 rings (SSSR count). The Morgan fingerprint density at radius 1 is 1.00 bits per heavy atom. The minimum absolute atomic E-state index is 0.182. The van der Waals surface area contributed by atoms with Gasteiger partial charge in [0, 0.05) is 29.1 Å². The van der Waals surface area contributed by atoms with E-state index >= 15 is 0 Å². The van der Waals surface area contributed by atoms with Crippen LogP contribution in [-0.4, -0.2) is 14.6 Å². The molecule has 22 heavy (non-hydrogen) atoms. The summed E-state index contributed by atoms with van der Waals surface area (Å²) in [5.41, 5.74) is 5.07. The number of halogens is 1. The van der Waals surface area contributed by atoms with E-state index in [9.17, 15) is 4.39 Å². The van der Waals surface area contributed by atoms with Crippen molar-refractivity contribution in [2.75, 3.05) is 0 Å². The molecule has 2 fully saturated rings. The van der Waals surface area contributed by atoms with E-state index in [1.54, 1.807) is 6.20 Å². The van der Waals surface area contributed by atoms with E-state index in [1.165, 1.54) is 24.6 Å². The minimum Gasteiger partial charge on any atom is -0.261 e. The molecular formula is C18H16FN3. The molecule has 0 aromatic carbocycles. The summed E-state index contributed by atoms with van der Waals surface area (Å²) in [6.07, 6.45) is 9.64. The molecule has 0 unspecified atom stereocenters. The summed E-state index contributed by atoms with van der Waals surface area (Å²) >= 11 is 0. The van der Waals surface area contributed by atoms with Gasteiger partial charge in [-0.15, -0.1) is 0 Å². The van der Waals surface area contributed by atoms with Crippen molar-refractivity contribution >= 4 is 5.52 Å². The normalized spacial score (nSPS) is 18.0. The van der Waals surface area contributed by atoms with Gasteiger partial charge in [-0.2, -0.15) is 5.10 Å². The van der Waals surface area contributed by atoms with E-state index in [-0.39, 0.29) is 5.82 Å². The Morgan fingerprint density at radius 3 is 2.55 bits per heavy atom. The van der Waals surface area contributed by atoms with Gasteiger partial charge in [0.2, 0.25) is 0 Å². The molecule has 0 saturated heterocycles. The van der Waals surface area contributed by atoms with Crippen molar-refractivity contribution in [2.45, 2.75) is 37.5 Å². The van der Waals surface area contributed by atoms with Crippen LogP contribution >= 0.6 is 0 Å². The lowest BCUT2D eigenvalue weighted by molar-refractivity contribution is 0.605. The first-order chi connectivity index (χ1) is 10.8. The third kappa shape index (κ3) is 1.79. The number of nitrogens with zero attached hydrogens (tertiary/aromatic N) is 3. The zero-order valence-corrected chi connectivity index (χ0v) is 12.2. The highest BCUT2D eigenvalue weighted by molar-refractivity contribution is 5.76. The van der Waals surface area contributed by atoms with Crippen molar-refractivity contribution in [1.29, 1.82) is 0 Å². The molecule has 3 aromatic heterocycles. The van der Waals surface area contributed by atoms with Crippen molar-refractivity contribution in [3.05, 3.63) is 53.7 Å². The van der Waals surface area contributed by atoms with Crippen LogP contribution in [0, 0.1) is 5.82 Å². The average Bonchev–Trinajstić information content (AvgIpc) is 3.44. The lowest BCUT2D eigenvalue weighted by Gasteiger charge is -2.08. The zero-order valence-electron chi connectivity index (χ0n) is 12.2. The van der Waals surface area contributed by atoms with Crippen LogP contribution in [0.15, 0.2) is 36.8 Å². The van der Waals surface area contributed by atoms with Crippen LogP contribution in [-0.2, 0) is 0 Å². The Kier molecular flexibility index (Phi) is 2.46. The Bertz CT molecular complexity index is 875. The van der Waals surface area contributed by atoms with Crippen LogP contribution in [0.5, 0.6) is 0 Å². The number of pyridine rings is 2. The fourth-order valence-corrected chi connectivity index (χ4v) is 3.41. The van der Waals surface area contributed by atoms with Gasteiger partial charge in [0.15, 0.2) is 0 Å². The molecule has 2 aliphatic carbocycles. The van der Waals surface area contributed by atoms with Crippen LogP contribution in [0.1, 0.15) is 48.6 Å². The quantitative estimate of drug-likeness (QED) is 0.721. The average molecular weight is 293 g/mol. The van der Waals surface area contributed by atoms with Crippen molar-refractivity contribution < 1.29 is 4.39 Å². The summed E-state index contributed by atoms with van der Waals surface area (Å²) in [4.78, 5) is 4.10. The van der Waals surface area contributed by atoms with Gasteiger partial charge in [0.25, 0.3) is 0 Å². The summed E-state index contributed by atoms with van der Waals surface area (Å²) in [6, 6.07) is 6.12. The van der Waals surface area contributed by atoms with E-state index < -0.39 is 0 Å². The van der Waals surface area contributed by atoms with Crippen LogP contribution in [0.3, 0.4) is 0 Å². The second-order valence-electron chi connectivity index (χ2n) is 6.42. The lowest BCUT2D eigenvalue weighted by Crippen LogP contribution is -1.97. The van der Waals surface area contributed by atoms with E-state index in [4.69, 9.17) is 5.10 Å². The van der Waals surface area contributed by atoms with Gasteiger partial charge in [-0.3, -0.25) is 4.98 Å². The van der Waals surface area contributed by atoms with Gasteiger partial charge in [-0.25, -0.2) is 8.91 Å². The van der Waals surface area contributed by atoms with E-state index in [0.29, 0.717) is 11.8 Å². The molecular weight excluding hydrogens is 277 g/mol. The van der Waals surface area contributed by atoms with Gasteiger partial charge in [-0.1, -0.05) is 6.07 Å². The Morgan fingerprint density at radius 2 is 1.77 bits per heavy atom. The van der Waals surface area contributed by atoms with Gasteiger partial charge < -0.3 is 0 Å². The molecule has 4 heteroatoms. The molecule has 0 bridgehead atoms. The highest BCUT2D eigenvalue weighted by atomic mass is 19.1. The second-order valence-corrected chi connectivity index (χ2v) is 6.42. The van der Waals surface area contributed by atoms with E-state index in [1.807, 2.05) is 22.8 Å². The number of hydrogen-bond donors (Lipinski definition) is 0. The fourth-order valence-electron chi connectivity index (χ4n) is 3.41. The number of hydrogen-bond acceptors (Lipinski definition) is 2. The molecule has 0 amide bonds. The van der Waals surface area contributed by atoms with Gasteiger partial charge in [0.1, 0.15) is 5.82 Å². The van der Waals surface area contributed by atoms with Gasteiger partial charge in [0.05, 0.1) is 17.4 Å². The van der Waals surface area contributed by atoms with Crippen LogP contribution in [0.25, 0.3) is 16.8 Å². The molecule has 0 radical (unpaired) electrons. The topological polar surface area (TPSA) is 30.2 Å². The van der Waals surface area contributed by atoms with Gasteiger partial charge in [-0.05, 0) is 49.7 Å². The van der Waals surface area contributed by atoms with Crippen molar-refractivity contribution in [3.8, 4) is 11.3 Å². The number of rotatable bonds is 3. The second kappa shape index (κ2) is 4.38. The smallest absolute Gasteiger partial charge is 0.145 e. The van der Waals surface area contributed by atoms with Crippen molar-refractivity contribution in [2.24, 2.45) is 0 Å². The lowest BCUT2D eigenvalue weighted by atomic mass is 9.97. The maximum Gasteiger partial charge on any atom is 0.145 e. The standard InChI is InChI=1S/C18H16FN3/c19-14-10-20-9-13(16(14)11-4-5-11)18-17(12-6-7-12)15-3-1-2-8-22(15)21-18/h1-3,8-12H,4-7H2. The summed E-state index contributed by atoms with van der Waals surface area (Å²) in [7, 11) is 0. The molecule has 2 saturated carbocycles. The molecule has 0 aliphatic heterocycles. The Hall–Kier alpha value is -2.23. The largest absolute Gasteiger partial charge is 0.261 e. The third-order valence-corrected chi connectivity index (χ3v) is 4.74. The highest BCUT2D eigenvalue weighted by Gasteiger charge is 2.35. The summed E-state index contributed by atoms with van der Waals surface area (Å²) in [5, 5.41) is 4.77. The molecule has 0 spiro atoms. The van der Waals surface area contributed by atoms with Crippen LogP contribution in [0.4, 0.5) is 4.39 Å². The molecule has 3 aromatic rings. The van der Waals surface area contributed by atoms with Crippen molar-refractivity contribution in [1.82, 2.24) is 14.6 Å². The van der Waals surface area contributed by atoms with E-state index in [0.717, 1.165) is 35.2 Å². The fraction of sp³-hybridized carbons (Fsp3) is 0.333. The third-order valence-electron chi connectivity index (χ3n) is 4.74. The summed E-state index contributed by atoms with van der Waals surface area (Å²) < 4.78 is 16.3. The van der Waals surface area contributed by atoms with Crippen LogP contribution in [0.2, 0.25) is 0 Å². The summed E-state index contributed by atoms with van der Waals surface area (Å²) in [6.45, 7) is 0. The molecule has 3 heterocycles. The summed E-state index contributed by atoms with van der Waals surface area (Å²) in [5.74, 6) is 0.721. The molecule has 0 N–H and O–H groups in total. The SMILES string of the molecule is Fc1cncc(-c2nn3ccccc3c2C2CC2)c1C1CC1. The predicted octanol–water partition coefficient (Wildman–Crippen LogP) is 4.29. The first kappa shape index (κ1) is 12.3. The minimum atomic E-state index is -0.182. The monoisotopic (exact) mass is 293 g/mol. The highest BCUT2D eigenvalue weighted by Crippen LogP contribution is 2.50. The number of aromatic nitrogens is 3. The first-order valence-corrected chi connectivity index (χ1v) is 7.94. The zero-order chi connectivity index (χ0) is 14.7. The van der Waals surface area contributed by atoms with Crippen molar-refractivity contribution in [3.63, 3.8) is 0 Å². The van der Waals surface area contributed by atoms with Gasteiger partial charge >= 0.3 is 0 Å². The maximum atomic E-state index is 14.3. The predicted molar refractivity (Wildman–Crippen MR) is 82.3 cm³/mol. The Balaban J connectivity index is 1.81.